The van der Waals surface area contributed by atoms with E-state index in [9.17, 15) is 13.2 Å². The summed E-state index contributed by atoms with van der Waals surface area (Å²) in [5.74, 6) is -0.179. The molecule has 0 aromatic carbocycles. The molecular weight excluding hydrogens is 254 g/mol. The van der Waals surface area contributed by atoms with Crippen LogP contribution >= 0.6 is 10.7 Å². The van der Waals surface area contributed by atoms with Crippen molar-refractivity contribution in [3.05, 3.63) is 12.4 Å². The van der Waals surface area contributed by atoms with Crippen molar-refractivity contribution < 1.29 is 13.2 Å². The molecule has 0 aliphatic rings. The molecule has 1 amide bonds. The van der Waals surface area contributed by atoms with Gasteiger partial charge in [0.1, 0.15) is 10.9 Å². The number of aromatic nitrogens is 2. The fraction of sp³-hybridized carbons (Fsp3) is 0.500. The van der Waals surface area contributed by atoms with Gasteiger partial charge in [0.25, 0.3) is 9.05 Å². The van der Waals surface area contributed by atoms with Gasteiger partial charge in [0.05, 0.1) is 6.20 Å². The molecule has 0 fully saturated rings. The Balaban J connectivity index is 2.99. The van der Waals surface area contributed by atoms with Gasteiger partial charge >= 0.3 is 0 Å². The molecule has 8 heteroatoms. The number of hydrogen-bond acceptors (Lipinski definition) is 4. The van der Waals surface area contributed by atoms with Crippen LogP contribution in [0.1, 0.15) is 13.0 Å². The summed E-state index contributed by atoms with van der Waals surface area (Å²) in [6.45, 7) is 1.62. The van der Waals surface area contributed by atoms with Crippen LogP contribution in [0.3, 0.4) is 0 Å². The van der Waals surface area contributed by atoms with Gasteiger partial charge in [-0.2, -0.15) is 5.10 Å². The lowest BCUT2D eigenvalue weighted by molar-refractivity contribution is -0.131. The number of hydrogen-bond donors (Lipinski definition) is 0. The topological polar surface area (TPSA) is 72.3 Å². The molecule has 1 aromatic rings. The van der Waals surface area contributed by atoms with Gasteiger partial charge in [0, 0.05) is 31.0 Å². The van der Waals surface area contributed by atoms with E-state index >= 15 is 0 Å². The first-order valence-electron chi connectivity index (χ1n) is 4.43. The number of carbonyl (C=O) groups excluding carboxylic acids is 1. The molecule has 0 N–H and O–H groups in total. The lowest BCUT2D eigenvalue weighted by Gasteiger charge is -2.16. The average Bonchev–Trinajstić information content (AvgIpc) is 2.63. The highest BCUT2D eigenvalue weighted by Gasteiger charge is 2.20. The summed E-state index contributed by atoms with van der Waals surface area (Å²) in [6.07, 6.45) is 2.34. The maximum absolute atomic E-state index is 11.6. The van der Waals surface area contributed by atoms with Crippen LogP contribution in [0.2, 0.25) is 0 Å². The predicted molar refractivity (Wildman–Crippen MR) is 58.7 cm³/mol. The van der Waals surface area contributed by atoms with E-state index in [-0.39, 0.29) is 10.8 Å². The normalized spacial score (nSPS) is 13.5. The zero-order chi connectivity index (χ0) is 12.5. The standard InChI is InChI=1S/C8H12ClN3O3S/c1-6(8(13)11(2)3)12-5-7(4-10-12)16(9,14)15/h4-6H,1-3H3. The van der Waals surface area contributed by atoms with Crippen LogP contribution in [0.5, 0.6) is 0 Å². The molecule has 1 unspecified atom stereocenters. The fourth-order valence-corrected chi connectivity index (χ4v) is 1.79. The molecule has 0 aliphatic carbocycles. The van der Waals surface area contributed by atoms with Crippen molar-refractivity contribution in [3.63, 3.8) is 0 Å². The molecule has 0 spiro atoms. The maximum atomic E-state index is 11.6. The van der Waals surface area contributed by atoms with Gasteiger partial charge in [-0.05, 0) is 6.92 Å². The Kier molecular flexibility index (Phi) is 3.59. The number of amides is 1. The first-order valence-corrected chi connectivity index (χ1v) is 6.74. The van der Waals surface area contributed by atoms with E-state index in [0.29, 0.717) is 0 Å². The van der Waals surface area contributed by atoms with E-state index < -0.39 is 15.1 Å². The highest BCUT2D eigenvalue weighted by atomic mass is 35.7. The van der Waals surface area contributed by atoms with E-state index in [4.69, 9.17) is 10.7 Å². The first-order chi connectivity index (χ1) is 7.23. The molecule has 6 nitrogen and oxygen atoms in total. The van der Waals surface area contributed by atoms with Crippen molar-refractivity contribution in [3.8, 4) is 0 Å². The average molecular weight is 266 g/mol. The van der Waals surface area contributed by atoms with Gasteiger partial charge in [0.15, 0.2) is 0 Å². The molecule has 0 bridgehead atoms. The lowest BCUT2D eigenvalue weighted by Crippen LogP contribution is -2.30. The molecule has 16 heavy (non-hydrogen) atoms. The molecular formula is C8H12ClN3O3S. The van der Waals surface area contributed by atoms with Crippen LogP contribution in [-0.4, -0.2) is 43.1 Å². The number of carbonyl (C=O) groups is 1. The highest BCUT2D eigenvalue weighted by Crippen LogP contribution is 2.16. The minimum atomic E-state index is -3.80. The molecule has 0 radical (unpaired) electrons. The summed E-state index contributed by atoms with van der Waals surface area (Å²) in [7, 11) is 4.57. The summed E-state index contributed by atoms with van der Waals surface area (Å²) in [4.78, 5) is 12.9. The summed E-state index contributed by atoms with van der Waals surface area (Å²) in [5, 5.41) is 3.79. The fourth-order valence-electron chi connectivity index (χ4n) is 1.15. The van der Waals surface area contributed by atoms with Crippen LogP contribution < -0.4 is 0 Å². The van der Waals surface area contributed by atoms with E-state index in [2.05, 4.69) is 5.10 Å². The van der Waals surface area contributed by atoms with Crippen LogP contribution in [0, 0.1) is 0 Å². The highest BCUT2D eigenvalue weighted by molar-refractivity contribution is 8.13. The van der Waals surface area contributed by atoms with E-state index in [1.54, 1.807) is 21.0 Å². The zero-order valence-electron chi connectivity index (χ0n) is 9.08. The van der Waals surface area contributed by atoms with E-state index in [0.717, 1.165) is 6.20 Å². The Bertz CT molecular complexity index is 494. The molecule has 1 heterocycles. The third kappa shape index (κ3) is 2.73. The largest absolute Gasteiger partial charge is 0.347 e. The Morgan fingerprint density at radius 1 is 1.56 bits per heavy atom. The Hall–Kier alpha value is -1.08. The molecule has 0 aliphatic heterocycles. The molecule has 1 rings (SSSR count). The first kappa shape index (κ1) is 13.0. The molecule has 1 aromatic heterocycles. The van der Waals surface area contributed by atoms with Gasteiger partial charge in [-0.1, -0.05) is 0 Å². The second-order valence-corrected chi connectivity index (χ2v) is 6.07. The molecule has 0 saturated carbocycles. The summed E-state index contributed by atoms with van der Waals surface area (Å²) >= 11 is 0. The third-order valence-corrected chi connectivity index (χ3v) is 3.36. The van der Waals surface area contributed by atoms with Crippen LogP contribution in [-0.2, 0) is 13.8 Å². The van der Waals surface area contributed by atoms with Crippen molar-refractivity contribution in [2.75, 3.05) is 14.1 Å². The molecule has 90 valence electrons. The van der Waals surface area contributed by atoms with E-state index in [1.807, 2.05) is 0 Å². The van der Waals surface area contributed by atoms with Gasteiger partial charge in [0.2, 0.25) is 5.91 Å². The van der Waals surface area contributed by atoms with Crippen molar-refractivity contribution in [1.82, 2.24) is 14.7 Å². The number of likely N-dealkylation sites (N-methyl/N-ethyl adjacent to an activating group) is 1. The summed E-state index contributed by atoms with van der Waals surface area (Å²) in [6, 6.07) is -0.567. The van der Waals surface area contributed by atoms with Crippen molar-refractivity contribution in [2.24, 2.45) is 0 Å². The van der Waals surface area contributed by atoms with Crippen molar-refractivity contribution in [1.29, 1.82) is 0 Å². The zero-order valence-corrected chi connectivity index (χ0v) is 10.7. The third-order valence-electron chi connectivity index (χ3n) is 2.05. The smallest absolute Gasteiger partial charge is 0.264 e. The van der Waals surface area contributed by atoms with Crippen LogP contribution in [0.4, 0.5) is 0 Å². The van der Waals surface area contributed by atoms with Crippen LogP contribution in [0.25, 0.3) is 0 Å². The minimum Gasteiger partial charge on any atom is -0.347 e. The maximum Gasteiger partial charge on any atom is 0.264 e. The van der Waals surface area contributed by atoms with E-state index in [1.165, 1.54) is 15.8 Å². The number of rotatable bonds is 3. The molecule has 1 atom stereocenters. The summed E-state index contributed by atoms with van der Waals surface area (Å²) < 4.78 is 23.2. The van der Waals surface area contributed by atoms with Gasteiger partial charge in [-0.25, -0.2) is 8.42 Å². The number of halogens is 1. The van der Waals surface area contributed by atoms with Gasteiger partial charge in [-0.3, -0.25) is 9.48 Å². The summed E-state index contributed by atoms with van der Waals surface area (Å²) in [5.41, 5.74) is 0. The molecule has 0 saturated heterocycles. The monoisotopic (exact) mass is 265 g/mol. The Morgan fingerprint density at radius 3 is 2.50 bits per heavy atom. The van der Waals surface area contributed by atoms with Crippen LogP contribution in [0.15, 0.2) is 17.3 Å². The lowest BCUT2D eigenvalue weighted by atomic mass is 10.3. The van der Waals surface area contributed by atoms with Gasteiger partial charge < -0.3 is 4.90 Å². The van der Waals surface area contributed by atoms with Crippen molar-refractivity contribution >= 4 is 25.6 Å². The van der Waals surface area contributed by atoms with Crippen molar-refractivity contribution in [2.45, 2.75) is 17.9 Å². The minimum absolute atomic E-state index is 0.118. The second kappa shape index (κ2) is 4.42. The number of nitrogens with zero attached hydrogens (tertiary/aromatic N) is 3. The predicted octanol–water partition coefficient (Wildman–Crippen LogP) is 0.460. The Labute approximate surface area is 98.2 Å². The second-order valence-electron chi connectivity index (χ2n) is 3.50. The van der Waals surface area contributed by atoms with Gasteiger partial charge in [-0.15, -0.1) is 0 Å². The SMILES string of the molecule is CC(C(=O)N(C)C)n1cc(S(=O)(=O)Cl)cn1. The Morgan fingerprint density at radius 2 is 2.12 bits per heavy atom. The quantitative estimate of drug-likeness (QED) is 0.745.